The van der Waals surface area contributed by atoms with Crippen molar-refractivity contribution in [3.05, 3.63) is 24.0 Å². The molecule has 0 fully saturated rings. The van der Waals surface area contributed by atoms with Gasteiger partial charge in [-0.25, -0.2) is 0 Å². The van der Waals surface area contributed by atoms with Crippen molar-refractivity contribution in [2.45, 2.75) is 5.75 Å². The Morgan fingerprint density at radius 1 is 1.70 bits per heavy atom. The van der Waals surface area contributed by atoms with Crippen molar-refractivity contribution in [1.29, 1.82) is 0 Å². The largest absolute Gasteiger partial charge is 0.495 e. The molecule has 0 saturated carbocycles. The molecule has 1 rings (SSSR count). The van der Waals surface area contributed by atoms with E-state index in [-0.39, 0.29) is 0 Å². The number of thiol groups is 1. The fourth-order valence-corrected chi connectivity index (χ4v) is 0.965. The number of hydrogen-bond acceptors (Lipinski definition) is 3. The number of aromatic nitrogens is 1. The van der Waals surface area contributed by atoms with Crippen LogP contribution in [-0.2, 0) is 5.75 Å². The first kappa shape index (κ1) is 7.41. The molecule has 0 atom stereocenters. The third-order valence-electron chi connectivity index (χ3n) is 1.22. The zero-order valence-corrected chi connectivity index (χ0v) is 6.64. The Morgan fingerprint density at radius 2 is 2.50 bits per heavy atom. The van der Waals surface area contributed by atoms with Gasteiger partial charge in [-0.05, 0) is 12.1 Å². The van der Waals surface area contributed by atoms with Crippen LogP contribution in [0.15, 0.2) is 18.3 Å². The van der Waals surface area contributed by atoms with E-state index in [1.54, 1.807) is 13.3 Å². The average Bonchev–Trinajstić information content (AvgIpc) is 2.04. The third-order valence-corrected chi connectivity index (χ3v) is 1.52. The SMILES string of the molecule is COc1cccnc1CS. The van der Waals surface area contributed by atoms with Gasteiger partial charge in [0.1, 0.15) is 5.75 Å². The standard InChI is InChI=1S/C7H9NOS/c1-9-7-3-2-4-8-6(7)5-10/h2-4,10H,5H2,1H3. The average molecular weight is 155 g/mol. The highest BCUT2D eigenvalue weighted by Crippen LogP contribution is 2.15. The summed E-state index contributed by atoms with van der Waals surface area (Å²) in [4.78, 5) is 4.07. The summed E-state index contributed by atoms with van der Waals surface area (Å²) in [5, 5.41) is 0. The van der Waals surface area contributed by atoms with Crippen molar-refractivity contribution in [3.8, 4) is 5.75 Å². The lowest BCUT2D eigenvalue weighted by Crippen LogP contribution is -1.91. The second-order valence-electron chi connectivity index (χ2n) is 1.81. The van der Waals surface area contributed by atoms with E-state index < -0.39 is 0 Å². The molecule has 0 aliphatic rings. The highest BCUT2D eigenvalue weighted by molar-refractivity contribution is 7.79. The third kappa shape index (κ3) is 1.42. The summed E-state index contributed by atoms with van der Waals surface area (Å²) in [6.07, 6.45) is 1.73. The molecular formula is C7H9NOS. The Balaban J connectivity index is 2.96. The van der Waals surface area contributed by atoms with Crippen LogP contribution in [0, 0.1) is 0 Å². The van der Waals surface area contributed by atoms with Crippen molar-refractivity contribution in [3.63, 3.8) is 0 Å². The van der Waals surface area contributed by atoms with Crippen LogP contribution in [0.3, 0.4) is 0 Å². The topological polar surface area (TPSA) is 22.1 Å². The molecule has 0 bridgehead atoms. The van der Waals surface area contributed by atoms with Crippen molar-refractivity contribution in [2.24, 2.45) is 0 Å². The molecule has 0 radical (unpaired) electrons. The second kappa shape index (κ2) is 3.46. The first-order valence-electron chi connectivity index (χ1n) is 2.97. The molecule has 3 heteroatoms. The fourth-order valence-electron chi connectivity index (χ4n) is 0.728. The smallest absolute Gasteiger partial charge is 0.141 e. The van der Waals surface area contributed by atoms with Crippen LogP contribution in [0.1, 0.15) is 5.69 Å². The minimum absolute atomic E-state index is 0.615. The van der Waals surface area contributed by atoms with Gasteiger partial charge in [-0.1, -0.05) is 0 Å². The fraction of sp³-hybridized carbons (Fsp3) is 0.286. The van der Waals surface area contributed by atoms with E-state index in [0.29, 0.717) is 5.75 Å². The Morgan fingerprint density at radius 3 is 3.00 bits per heavy atom. The molecule has 1 heterocycles. The van der Waals surface area contributed by atoms with Crippen LogP contribution in [0.5, 0.6) is 5.75 Å². The molecule has 1 aromatic rings. The van der Waals surface area contributed by atoms with Crippen LogP contribution in [0.2, 0.25) is 0 Å². The molecule has 0 spiro atoms. The van der Waals surface area contributed by atoms with Crippen LogP contribution < -0.4 is 4.74 Å². The van der Waals surface area contributed by atoms with Crippen LogP contribution in [0.25, 0.3) is 0 Å². The second-order valence-corrected chi connectivity index (χ2v) is 2.13. The number of hydrogen-bond donors (Lipinski definition) is 1. The van der Waals surface area contributed by atoms with E-state index in [0.717, 1.165) is 11.4 Å². The van der Waals surface area contributed by atoms with Crippen molar-refractivity contribution >= 4 is 12.6 Å². The van der Waals surface area contributed by atoms with Crippen LogP contribution >= 0.6 is 12.6 Å². The summed E-state index contributed by atoms with van der Waals surface area (Å²) in [5.41, 5.74) is 0.883. The molecule has 0 unspecified atom stereocenters. The maximum atomic E-state index is 5.02. The van der Waals surface area contributed by atoms with Crippen molar-refractivity contribution in [1.82, 2.24) is 4.98 Å². The number of nitrogens with zero attached hydrogens (tertiary/aromatic N) is 1. The molecule has 0 aliphatic carbocycles. The molecule has 0 amide bonds. The molecule has 10 heavy (non-hydrogen) atoms. The maximum Gasteiger partial charge on any atom is 0.141 e. The van der Waals surface area contributed by atoms with Crippen LogP contribution in [0.4, 0.5) is 0 Å². The Bertz CT molecular complexity index is 192. The van der Waals surface area contributed by atoms with Gasteiger partial charge in [-0.3, -0.25) is 4.98 Å². The van der Waals surface area contributed by atoms with E-state index in [1.807, 2.05) is 12.1 Å². The van der Waals surface area contributed by atoms with E-state index in [4.69, 9.17) is 4.74 Å². The zero-order valence-electron chi connectivity index (χ0n) is 5.74. The molecule has 0 N–H and O–H groups in total. The first-order valence-corrected chi connectivity index (χ1v) is 3.60. The van der Waals surface area contributed by atoms with Crippen LogP contribution in [-0.4, -0.2) is 12.1 Å². The lowest BCUT2D eigenvalue weighted by atomic mass is 10.3. The molecule has 0 aromatic carbocycles. The lowest BCUT2D eigenvalue weighted by Gasteiger charge is -2.02. The van der Waals surface area contributed by atoms with Gasteiger partial charge in [0.25, 0.3) is 0 Å². The maximum absolute atomic E-state index is 5.02. The van der Waals surface area contributed by atoms with E-state index in [9.17, 15) is 0 Å². The van der Waals surface area contributed by atoms with Gasteiger partial charge in [0.2, 0.25) is 0 Å². The summed E-state index contributed by atoms with van der Waals surface area (Å²) >= 11 is 4.09. The minimum Gasteiger partial charge on any atom is -0.495 e. The summed E-state index contributed by atoms with van der Waals surface area (Å²) in [7, 11) is 1.63. The molecule has 0 aliphatic heterocycles. The molecule has 2 nitrogen and oxygen atoms in total. The highest BCUT2D eigenvalue weighted by Gasteiger charge is 1.97. The minimum atomic E-state index is 0.615. The van der Waals surface area contributed by atoms with E-state index >= 15 is 0 Å². The summed E-state index contributed by atoms with van der Waals surface area (Å²) in [5.74, 6) is 1.42. The van der Waals surface area contributed by atoms with Gasteiger partial charge in [0.05, 0.1) is 12.8 Å². The summed E-state index contributed by atoms with van der Waals surface area (Å²) in [6, 6.07) is 3.71. The number of ether oxygens (including phenoxy) is 1. The lowest BCUT2D eigenvalue weighted by molar-refractivity contribution is 0.409. The number of methoxy groups -OCH3 is 1. The number of pyridine rings is 1. The normalized spacial score (nSPS) is 9.40. The summed E-state index contributed by atoms with van der Waals surface area (Å²) < 4.78 is 5.02. The monoisotopic (exact) mass is 155 g/mol. The number of rotatable bonds is 2. The van der Waals surface area contributed by atoms with Gasteiger partial charge in [0, 0.05) is 11.9 Å². The zero-order chi connectivity index (χ0) is 7.40. The van der Waals surface area contributed by atoms with Crippen molar-refractivity contribution in [2.75, 3.05) is 7.11 Å². The molecular weight excluding hydrogens is 146 g/mol. The highest BCUT2D eigenvalue weighted by atomic mass is 32.1. The predicted octanol–water partition coefficient (Wildman–Crippen LogP) is 1.52. The summed E-state index contributed by atoms with van der Waals surface area (Å²) in [6.45, 7) is 0. The Labute approximate surface area is 65.6 Å². The first-order chi connectivity index (χ1) is 4.88. The quantitative estimate of drug-likeness (QED) is 0.654. The molecule has 1 aromatic heterocycles. The Kier molecular flexibility index (Phi) is 2.57. The predicted molar refractivity (Wildman–Crippen MR) is 43.5 cm³/mol. The van der Waals surface area contributed by atoms with Gasteiger partial charge < -0.3 is 4.74 Å². The van der Waals surface area contributed by atoms with Gasteiger partial charge in [-0.2, -0.15) is 12.6 Å². The molecule has 0 saturated heterocycles. The molecule has 54 valence electrons. The van der Waals surface area contributed by atoms with Gasteiger partial charge >= 0.3 is 0 Å². The van der Waals surface area contributed by atoms with E-state index in [2.05, 4.69) is 17.6 Å². The Hall–Kier alpha value is -0.700. The van der Waals surface area contributed by atoms with Gasteiger partial charge in [-0.15, -0.1) is 0 Å². The van der Waals surface area contributed by atoms with E-state index in [1.165, 1.54) is 0 Å². The van der Waals surface area contributed by atoms with Gasteiger partial charge in [0.15, 0.2) is 0 Å². The van der Waals surface area contributed by atoms with Crippen molar-refractivity contribution < 1.29 is 4.74 Å².